The first kappa shape index (κ1) is 34.1. The summed E-state index contributed by atoms with van der Waals surface area (Å²) in [7, 11) is 0. The van der Waals surface area contributed by atoms with E-state index in [2.05, 4.69) is 177 Å². The third-order valence-corrected chi connectivity index (χ3v) is 13.3. The van der Waals surface area contributed by atoms with E-state index in [1.54, 1.807) is 0 Å². The number of hydrogen-bond acceptors (Lipinski definition) is 4. The van der Waals surface area contributed by atoms with Crippen LogP contribution in [0.1, 0.15) is 25.0 Å². The van der Waals surface area contributed by atoms with E-state index in [9.17, 15) is 0 Å². The molecule has 0 spiro atoms. The van der Waals surface area contributed by atoms with Gasteiger partial charge in [-0.1, -0.05) is 135 Å². The first-order valence-corrected chi connectivity index (χ1v) is 20.9. The second-order valence-electron chi connectivity index (χ2n) is 17.0. The Balaban J connectivity index is 0.918. The fraction of sp³-hybridized carbons (Fsp3) is 0.0526. The van der Waals surface area contributed by atoms with Gasteiger partial charge in [0.05, 0.1) is 33.5 Å². The van der Waals surface area contributed by atoms with E-state index >= 15 is 0 Å². The topological polar surface area (TPSA) is 51.6 Å². The van der Waals surface area contributed by atoms with Crippen molar-refractivity contribution in [1.29, 1.82) is 0 Å². The summed E-state index contributed by atoms with van der Waals surface area (Å²) >= 11 is 0. The van der Waals surface area contributed by atoms with Gasteiger partial charge in [-0.05, 0) is 114 Å². The van der Waals surface area contributed by atoms with Crippen LogP contribution in [-0.4, -0.2) is 19.9 Å². The first-order valence-electron chi connectivity index (χ1n) is 20.9. The number of hydrogen-bond donors (Lipinski definition) is 0. The van der Waals surface area contributed by atoms with Crippen LogP contribution in [0, 0.1) is 0 Å². The van der Waals surface area contributed by atoms with E-state index in [-0.39, 0.29) is 5.41 Å². The summed E-state index contributed by atoms with van der Waals surface area (Å²) in [6.45, 7) is 4.74. The Bertz CT molecular complexity index is 3850. The highest BCUT2D eigenvalue weighted by molar-refractivity contribution is 6.26. The average molecular weight is 777 g/mol. The Morgan fingerprint density at radius 1 is 0.328 bits per heavy atom. The molecule has 0 radical (unpaired) electrons. The Morgan fingerprint density at radius 2 is 0.820 bits per heavy atom. The average Bonchev–Trinajstić information content (AvgIpc) is 3.54. The zero-order chi connectivity index (χ0) is 40.4. The lowest BCUT2D eigenvalue weighted by atomic mass is 9.81. The minimum absolute atomic E-state index is 0.169. The highest BCUT2D eigenvalue weighted by Crippen LogP contribution is 2.52. The smallest absolute Gasteiger partial charge is 0.0972 e. The highest BCUT2D eigenvalue weighted by atomic mass is 14.8. The monoisotopic (exact) mass is 776 g/mol. The van der Waals surface area contributed by atoms with Gasteiger partial charge in [0.25, 0.3) is 0 Å². The normalized spacial score (nSPS) is 13.2. The molecule has 4 heteroatoms. The first-order chi connectivity index (χ1) is 30.0. The fourth-order valence-electron chi connectivity index (χ4n) is 10.1. The Kier molecular flexibility index (Phi) is 7.04. The third kappa shape index (κ3) is 5.06. The summed E-state index contributed by atoms with van der Waals surface area (Å²) in [5.74, 6) is 0. The van der Waals surface area contributed by atoms with Gasteiger partial charge < -0.3 is 0 Å². The molecule has 4 nitrogen and oxygen atoms in total. The maximum absolute atomic E-state index is 5.22. The van der Waals surface area contributed by atoms with Crippen molar-refractivity contribution < 1.29 is 0 Å². The summed E-state index contributed by atoms with van der Waals surface area (Å²) in [5.41, 5.74) is 15.3. The van der Waals surface area contributed by atoms with E-state index in [0.717, 1.165) is 66.1 Å². The van der Waals surface area contributed by atoms with Crippen LogP contribution < -0.4 is 0 Å². The quantitative estimate of drug-likeness (QED) is 0.168. The molecule has 8 aromatic carbocycles. The van der Waals surface area contributed by atoms with Gasteiger partial charge in [0, 0.05) is 50.5 Å². The lowest BCUT2D eigenvalue weighted by Crippen LogP contribution is -2.14. The standard InChI is InChI=1S/C57H36N4/c1-57(2)49-24-20-40(52-26-22-38-18-16-36-8-6-28-59-54(36)56(38)61-52)30-47(49)48-31-45-42-10-4-3-9-41(42)44-29-39(19-23-43(44)46(45)32-50(48)57)33-11-13-34(14-12-33)51-25-21-37-17-15-35-7-5-27-58-53(35)55(37)60-51/h3-32H,1-2H3. The van der Waals surface area contributed by atoms with Crippen molar-refractivity contribution in [3.8, 4) is 44.8 Å². The molecule has 0 bridgehead atoms. The van der Waals surface area contributed by atoms with Crippen LogP contribution in [0.4, 0.5) is 0 Å². The SMILES string of the molecule is CC1(C)c2ccc(-c3ccc4ccc5cccnc5c4n3)cc2-c2cc3c4ccccc4c4cc(-c5ccc(-c6ccc7ccc8cccnc8c7n6)cc5)ccc4c3cc21. The zero-order valence-corrected chi connectivity index (χ0v) is 33.6. The molecule has 0 amide bonds. The second kappa shape index (κ2) is 12.6. The molecule has 13 rings (SSSR count). The number of pyridine rings is 4. The molecule has 0 fully saturated rings. The van der Waals surface area contributed by atoms with Gasteiger partial charge in [-0.15, -0.1) is 0 Å². The number of benzene rings is 8. The van der Waals surface area contributed by atoms with Gasteiger partial charge in [0.15, 0.2) is 0 Å². The Hall–Kier alpha value is -7.82. The van der Waals surface area contributed by atoms with Crippen molar-refractivity contribution in [3.63, 3.8) is 0 Å². The molecule has 0 atom stereocenters. The number of rotatable bonds is 3. The van der Waals surface area contributed by atoms with Gasteiger partial charge in [0.1, 0.15) is 0 Å². The van der Waals surface area contributed by atoms with E-state index in [1.165, 1.54) is 65.7 Å². The number of aromatic nitrogens is 4. The highest BCUT2D eigenvalue weighted by Gasteiger charge is 2.36. The maximum Gasteiger partial charge on any atom is 0.0972 e. The van der Waals surface area contributed by atoms with E-state index in [4.69, 9.17) is 15.0 Å². The molecule has 1 aliphatic carbocycles. The van der Waals surface area contributed by atoms with Gasteiger partial charge in [-0.2, -0.15) is 0 Å². The molecule has 0 saturated carbocycles. The van der Waals surface area contributed by atoms with E-state index in [0.29, 0.717) is 0 Å². The summed E-state index contributed by atoms with van der Waals surface area (Å²) < 4.78 is 0. The van der Waals surface area contributed by atoms with Crippen LogP contribution in [0.25, 0.3) is 121 Å². The number of nitrogens with zero attached hydrogens (tertiary/aromatic N) is 4. The Morgan fingerprint density at radius 3 is 1.48 bits per heavy atom. The van der Waals surface area contributed by atoms with Crippen LogP contribution in [0.2, 0.25) is 0 Å². The minimum atomic E-state index is -0.169. The lowest BCUT2D eigenvalue weighted by Gasteiger charge is -2.22. The minimum Gasteiger partial charge on any atom is -0.254 e. The molecular formula is C57H36N4. The van der Waals surface area contributed by atoms with Gasteiger partial charge in [-0.3, -0.25) is 9.97 Å². The van der Waals surface area contributed by atoms with Crippen molar-refractivity contribution in [2.45, 2.75) is 19.3 Å². The number of fused-ring (bicyclic) bond motifs is 15. The summed E-state index contributed by atoms with van der Waals surface area (Å²) in [6, 6.07) is 61.8. The van der Waals surface area contributed by atoms with Crippen molar-refractivity contribution >= 4 is 75.9 Å². The van der Waals surface area contributed by atoms with Crippen LogP contribution in [-0.2, 0) is 5.41 Å². The van der Waals surface area contributed by atoms with Crippen molar-refractivity contribution in [2.24, 2.45) is 0 Å². The van der Waals surface area contributed by atoms with Gasteiger partial charge >= 0.3 is 0 Å². The predicted molar refractivity (Wildman–Crippen MR) is 254 cm³/mol. The van der Waals surface area contributed by atoms with Crippen LogP contribution >= 0.6 is 0 Å². The van der Waals surface area contributed by atoms with Crippen LogP contribution in [0.3, 0.4) is 0 Å². The second-order valence-corrected chi connectivity index (χ2v) is 17.0. The molecule has 1 aliphatic rings. The summed E-state index contributed by atoms with van der Waals surface area (Å²) in [6.07, 6.45) is 3.69. The summed E-state index contributed by atoms with van der Waals surface area (Å²) in [4.78, 5) is 19.7. The Labute approximate surface area is 351 Å². The zero-order valence-electron chi connectivity index (χ0n) is 33.6. The van der Waals surface area contributed by atoms with E-state index < -0.39 is 0 Å². The molecule has 4 aromatic heterocycles. The molecule has 0 saturated heterocycles. The molecule has 284 valence electrons. The van der Waals surface area contributed by atoms with Gasteiger partial charge in [-0.25, -0.2) is 9.97 Å². The largest absolute Gasteiger partial charge is 0.254 e. The molecule has 12 aromatic rings. The maximum atomic E-state index is 5.22. The van der Waals surface area contributed by atoms with Gasteiger partial charge in [0.2, 0.25) is 0 Å². The fourth-order valence-corrected chi connectivity index (χ4v) is 10.1. The van der Waals surface area contributed by atoms with Crippen molar-refractivity contribution in [2.75, 3.05) is 0 Å². The predicted octanol–water partition coefficient (Wildman–Crippen LogP) is 14.6. The van der Waals surface area contributed by atoms with Crippen molar-refractivity contribution in [3.05, 3.63) is 193 Å². The molecule has 0 aliphatic heterocycles. The van der Waals surface area contributed by atoms with Crippen LogP contribution in [0.15, 0.2) is 182 Å². The molecule has 4 heterocycles. The van der Waals surface area contributed by atoms with Crippen molar-refractivity contribution in [1.82, 2.24) is 19.9 Å². The lowest BCUT2D eigenvalue weighted by molar-refractivity contribution is 0.661. The van der Waals surface area contributed by atoms with Crippen LogP contribution in [0.5, 0.6) is 0 Å². The summed E-state index contributed by atoms with van der Waals surface area (Å²) in [5, 5.41) is 12.0. The molecule has 0 unspecified atom stereocenters. The molecule has 61 heavy (non-hydrogen) atoms. The third-order valence-electron chi connectivity index (χ3n) is 13.3. The molecule has 0 N–H and O–H groups in total. The molecular weight excluding hydrogens is 741 g/mol. The van der Waals surface area contributed by atoms with E-state index in [1.807, 2.05) is 24.5 Å².